The van der Waals surface area contributed by atoms with Crippen molar-refractivity contribution in [2.45, 2.75) is 26.2 Å². The van der Waals surface area contributed by atoms with Crippen molar-refractivity contribution in [1.82, 2.24) is 15.5 Å². The Kier molecular flexibility index (Phi) is 2.27. The number of H-pyrrole nitrogens is 1. The maximum atomic E-state index is 11.5. The van der Waals surface area contributed by atoms with Gasteiger partial charge in [0.25, 0.3) is 5.91 Å². The fourth-order valence-corrected chi connectivity index (χ4v) is 1.98. The molecule has 1 atom stereocenters. The summed E-state index contributed by atoms with van der Waals surface area (Å²) in [7, 11) is 1.63. The maximum Gasteiger partial charge on any atom is 0.271 e. The van der Waals surface area contributed by atoms with Crippen LogP contribution in [0, 0.1) is 5.92 Å². The van der Waals surface area contributed by atoms with E-state index in [2.05, 4.69) is 22.4 Å². The van der Waals surface area contributed by atoms with Gasteiger partial charge in [-0.25, -0.2) is 0 Å². The molecule has 0 spiro atoms. The molecule has 0 radical (unpaired) electrons. The van der Waals surface area contributed by atoms with E-state index in [9.17, 15) is 4.79 Å². The number of hydrogen-bond donors (Lipinski definition) is 2. The minimum Gasteiger partial charge on any atom is -0.354 e. The molecule has 0 bridgehead atoms. The second-order valence-corrected chi connectivity index (χ2v) is 3.96. The van der Waals surface area contributed by atoms with Gasteiger partial charge in [-0.1, -0.05) is 6.92 Å². The van der Waals surface area contributed by atoms with Crippen molar-refractivity contribution >= 4 is 5.91 Å². The number of aromatic nitrogens is 2. The summed E-state index contributed by atoms with van der Waals surface area (Å²) < 4.78 is 0. The molecule has 0 aliphatic heterocycles. The van der Waals surface area contributed by atoms with Crippen LogP contribution in [-0.4, -0.2) is 23.2 Å². The number of carbonyl (C=O) groups is 1. The zero-order chi connectivity index (χ0) is 10.1. The molecule has 1 amide bonds. The van der Waals surface area contributed by atoms with Gasteiger partial charge in [-0.15, -0.1) is 0 Å². The fraction of sp³-hybridized carbons (Fsp3) is 0.600. The summed E-state index contributed by atoms with van der Waals surface area (Å²) in [5.41, 5.74) is 2.83. The molecule has 0 aromatic carbocycles. The third kappa shape index (κ3) is 1.41. The van der Waals surface area contributed by atoms with Crippen molar-refractivity contribution in [1.29, 1.82) is 0 Å². The number of carbonyl (C=O) groups excluding carboxylic acids is 1. The lowest BCUT2D eigenvalue weighted by molar-refractivity contribution is 0.0957. The molecule has 1 aromatic heterocycles. The lowest BCUT2D eigenvalue weighted by Crippen LogP contribution is -2.21. The van der Waals surface area contributed by atoms with Gasteiger partial charge in [0.05, 0.1) is 0 Å². The second-order valence-electron chi connectivity index (χ2n) is 3.96. The van der Waals surface area contributed by atoms with E-state index in [0.717, 1.165) is 24.1 Å². The van der Waals surface area contributed by atoms with E-state index in [1.54, 1.807) is 7.05 Å². The predicted molar refractivity (Wildman–Crippen MR) is 53.2 cm³/mol. The first-order chi connectivity index (χ1) is 6.72. The van der Waals surface area contributed by atoms with Crippen molar-refractivity contribution in [3.05, 3.63) is 17.0 Å². The molecule has 76 valence electrons. The van der Waals surface area contributed by atoms with Gasteiger partial charge in [0.15, 0.2) is 5.69 Å². The largest absolute Gasteiger partial charge is 0.354 e. The molecule has 1 heterocycles. The smallest absolute Gasteiger partial charge is 0.271 e. The van der Waals surface area contributed by atoms with Gasteiger partial charge in [-0.2, -0.15) is 5.10 Å². The molecule has 2 rings (SSSR count). The van der Waals surface area contributed by atoms with Crippen molar-refractivity contribution in [3.8, 4) is 0 Å². The molecule has 4 heteroatoms. The summed E-state index contributed by atoms with van der Waals surface area (Å²) in [6.07, 6.45) is 3.16. The van der Waals surface area contributed by atoms with Crippen LogP contribution in [0.2, 0.25) is 0 Å². The fourth-order valence-electron chi connectivity index (χ4n) is 1.98. The highest BCUT2D eigenvalue weighted by Crippen LogP contribution is 2.25. The number of nitrogens with one attached hydrogen (secondary N) is 2. The van der Waals surface area contributed by atoms with Gasteiger partial charge >= 0.3 is 0 Å². The first-order valence-electron chi connectivity index (χ1n) is 5.00. The Morgan fingerprint density at radius 3 is 3.14 bits per heavy atom. The van der Waals surface area contributed by atoms with Crippen LogP contribution in [0.5, 0.6) is 0 Å². The van der Waals surface area contributed by atoms with Gasteiger partial charge in [-0.3, -0.25) is 9.89 Å². The van der Waals surface area contributed by atoms with E-state index in [0.29, 0.717) is 11.6 Å². The topological polar surface area (TPSA) is 57.8 Å². The average Bonchev–Trinajstić information content (AvgIpc) is 2.59. The standard InChI is InChI=1S/C10H15N3O/c1-6-3-4-8-7(5-6)9(13-12-8)10(14)11-2/h6H,3-5H2,1-2H3,(H,11,14)(H,12,13)/t6-/m0/s1. The molecule has 2 N–H and O–H groups in total. The summed E-state index contributed by atoms with van der Waals surface area (Å²) in [6.45, 7) is 2.21. The van der Waals surface area contributed by atoms with Crippen LogP contribution in [-0.2, 0) is 12.8 Å². The van der Waals surface area contributed by atoms with E-state index in [1.165, 1.54) is 6.42 Å². The van der Waals surface area contributed by atoms with Gasteiger partial charge in [0.2, 0.25) is 0 Å². The minimum absolute atomic E-state index is 0.0865. The Hall–Kier alpha value is -1.32. The van der Waals surface area contributed by atoms with Gasteiger partial charge in [0.1, 0.15) is 0 Å². The van der Waals surface area contributed by atoms with Crippen LogP contribution in [0.15, 0.2) is 0 Å². The molecule has 0 unspecified atom stereocenters. The van der Waals surface area contributed by atoms with Gasteiger partial charge in [0, 0.05) is 18.3 Å². The highest BCUT2D eigenvalue weighted by atomic mass is 16.1. The predicted octanol–water partition coefficient (Wildman–Crippen LogP) is 0.894. The van der Waals surface area contributed by atoms with E-state index in [4.69, 9.17) is 0 Å². The number of aromatic amines is 1. The SMILES string of the molecule is CNC(=O)c1n[nH]c2c1C[C@@H](C)CC2. The molecule has 1 aliphatic rings. The number of hydrogen-bond acceptors (Lipinski definition) is 2. The molecule has 1 aromatic rings. The Labute approximate surface area is 83.1 Å². The average molecular weight is 193 g/mol. The number of amides is 1. The van der Waals surface area contributed by atoms with Crippen LogP contribution >= 0.6 is 0 Å². The third-order valence-electron chi connectivity index (χ3n) is 2.83. The Bertz CT molecular complexity index is 356. The molecular formula is C10H15N3O. The molecule has 0 fully saturated rings. The van der Waals surface area contributed by atoms with Crippen LogP contribution in [0.1, 0.15) is 35.1 Å². The van der Waals surface area contributed by atoms with E-state index < -0.39 is 0 Å². The Morgan fingerprint density at radius 1 is 1.64 bits per heavy atom. The molecule has 0 saturated heterocycles. The van der Waals surface area contributed by atoms with E-state index >= 15 is 0 Å². The van der Waals surface area contributed by atoms with Crippen LogP contribution in [0.25, 0.3) is 0 Å². The first kappa shape index (κ1) is 9.24. The normalized spacial score (nSPS) is 20.3. The zero-order valence-corrected chi connectivity index (χ0v) is 8.55. The minimum atomic E-state index is -0.0865. The molecule has 4 nitrogen and oxygen atoms in total. The zero-order valence-electron chi connectivity index (χ0n) is 8.55. The first-order valence-corrected chi connectivity index (χ1v) is 5.00. The van der Waals surface area contributed by atoms with Crippen molar-refractivity contribution in [2.75, 3.05) is 7.05 Å². The van der Waals surface area contributed by atoms with Crippen LogP contribution < -0.4 is 5.32 Å². The quantitative estimate of drug-likeness (QED) is 0.696. The Balaban J connectivity index is 2.35. The third-order valence-corrected chi connectivity index (χ3v) is 2.83. The summed E-state index contributed by atoms with van der Waals surface area (Å²) in [5.74, 6) is 0.570. The van der Waals surface area contributed by atoms with E-state index in [1.807, 2.05) is 0 Å². The van der Waals surface area contributed by atoms with Crippen LogP contribution in [0.4, 0.5) is 0 Å². The van der Waals surface area contributed by atoms with Crippen molar-refractivity contribution < 1.29 is 4.79 Å². The summed E-state index contributed by atoms with van der Waals surface area (Å²) in [4.78, 5) is 11.5. The van der Waals surface area contributed by atoms with Crippen LogP contribution in [0.3, 0.4) is 0 Å². The van der Waals surface area contributed by atoms with Crippen molar-refractivity contribution in [2.24, 2.45) is 5.92 Å². The van der Waals surface area contributed by atoms with Crippen molar-refractivity contribution in [3.63, 3.8) is 0 Å². The Morgan fingerprint density at radius 2 is 2.43 bits per heavy atom. The second kappa shape index (κ2) is 3.44. The maximum absolute atomic E-state index is 11.5. The molecule has 0 saturated carbocycles. The molecular weight excluding hydrogens is 178 g/mol. The lowest BCUT2D eigenvalue weighted by Gasteiger charge is -2.17. The molecule has 1 aliphatic carbocycles. The monoisotopic (exact) mass is 193 g/mol. The van der Waals surface area contributed by atoms with Gasteiger partial charge in [-0.05, 0) is 25.2 Å². The lowest BCUT2D eigenvalue weighted by atomic mass is 9.88. The number of nitrogens with zero attached hydrogens (tertiary/aromatic N) is 1. The highest BCUT2D eigenvalue weighted by molar-refractivity contribution is 5.93. The summed E-state index contributed by atoms with van der Waals surface area (Å²) in [6, 6.07) is 0. The molecule has 14 heavy (non-hydrogen) atoms. The van der Waals surface area contributed by atoms with Gasteiger partial charge < -0.3 is 5.32 Å². The number of fused-ring (bicyclic) bond motifs is 1. The summed E-state index contributed by atoms with van der Waals surface area (Å²) in [5, 5.41) is 9.63. The van der Waals surface area contributed by atoms with E-state index in [-0.39, 0.29) is 5.91 Å². The summed E-state index contributed by atoms with van der Waals surface area (Å²) >= 11 is 0. The number of rotatable bonds is 1. The number of aryl methyl sites for hydroxylation is 1. The highest BCUT2D eigenvalue weighted by Gasteiger charge is 2.23.